The molecular weight excluding hydrogens is 290 g/mol. The third-order valence-corrected chi connectivity index (χ3v) is 3.68. The number of nitrogens with one attached hydrogen (secondary N) is 1. The number of alkyl halides is 1. The van der Waals surface area contributed by atoms with Crippen molar-refractivity contribution in [2.75, 3.05) is 6.54 Å². The predicted molar refractivity (Wildman–Crippen MR) is 80.4 cm³/mol. The molecule has 1 aromatic carbocycles. The molecule has 1 aromatic rings. The second-order valence-corrected chi connectivity index (χ2v) is 6.53. The molecule has 0 radical (unpaired) electrons. The van der Waals surface area contributed by atoms with Gasteiger partial charge in [0, 0.05) is 16.9 Å². The van der Waals surface area contributed by atoms with Crippen molar-refractivity contribution in [1.29, 1.82) is 0 Å². The molecule has 0 bridgehead atoms. The minimum atomic E-state index is 0.00584. The second kappa shape index (κ2) is 6.93. The van der Waals surface area contributed by atoms with Crippen LogP contribution in [0.4, 0.5) is 0 Å². The highest BCUT2D eigenvalue weighted by Gasteiger charge is 2.10. The van der Waals surface area contributed by atoms with E-state index >= 15 is 0 Å². The molecule has 0 fully saturated rings. The Hall–Kier alpha value is -0.830. The minimum absolute atomic E-state index is 0.00584. The molecule has 0 saturated heterocycles. The predicted octanol–water partition coefficient (Wildman–Crippen LogP) is 3.84. The molecule has 0 heterocycles. The highest BCUT2D eigenvalue weighted by Crippen LogP contribution is 2.13. The number of hydrogen-bond acceptors (Lipinski definition) is 1. The van der Waals surface area contributed by atoms with Crippen LogP contribution in [0.15, 0.2) is 18.2 Å². The molecule has 2 nitrogen and oxygen atoms in total. The van der Waals surface area contributed by atoms with E-state index in [1.807, 2.05) is 32.0 Å². The van der Waals surface area contributed by atoms with Gasteiger partial charge in [-0.1, -0.05) is 35.8 Å². The summed E-state index contributed by atoms with van der Waals surface area (Å²) < 4.78 is 0. The average molecular weight is 312 g/mol. The highest BCUT2D eigenvalue weighted by molar-refractivity contribution is 9.09. The first kappa shape index (κ1) is 15.2. The molecule has 3 heteroatoms. The van der Waals surface area contributed by atoms with Crippen LogP contribution in [-0.4, -0.2) is 17.3 Å². The van der Waals surface area contributed by atoms with E-state index < -0.39 is 0 Å². The molecule has 1 atom stereocenters. The Morgan fingerprint density at radius 1 is 1.28 bits per heavy atom. The summed E-state index contributed by atoms with van der Waals surface area (Å²) in [5.41, 5.74) is 3.10. The van der Waals surface area contributed by atoms with Crippen LogP contribution >= 0.6 is 15.9 Å². The van der Waals surface area contributed by atoms with Gasteiger partial charge in [-0.2, -0.15) is 0 Å². The highest BCUT2D eigenvalue weighted by atomic mass is 79.9. The number of hydrogen-bond donors (Lipinski definition) is 1. The molecule has 1 amide bonds. The van der Waals surface area contributed by atoms with Gasteiger partial charge >= 0.3 is 0 Å². The zero-order valence-corrected chi connectivity index (χ0v) is 13.2. The summed E-state index contributed by atoms with van der Waals surface area (Å²) in [5, 5.41) is 2.96. The summed E-state index contributed by atoms with van der Waals surface area (Å²) in [6.45, 7) is 9.11. The van der Waals surface area contributed by atoms with Gasteiger partial charge in [0.05, 0.1) is 0 Å². The van der Waals surface area contributed by atoms with Gasteiger partial charge in [0.25, 0.3) is 5.91 Å². The van der Waals surface area contributed by atoms with Gasteiger partial charge < -0.3 is 5.32 Å². The van der Waals surface area contributed by atoms with Gasteiger partial charge in [-0.25, -0.2) is 0 Å². The van der Waals surface area contributed by atoms with E-state index in [4.69, 9.17) is 0 Å². The van der Waals surface area contributed by atoms with Gasteiger partial charge in [-0.05, 0) is 49.4 Å². The van der Waals surface area contributed by atoms with E-state index in [9.17, 15) is 4.79 Å². The summed E-state index contributed by atoms with van der Waals surface area (Å²) >= 11 is 3.59. The lowest BCUT2D eigenvalue weighted by Gasteiger charge is -2.13. The number of benzene rings is 1. The number of carbonyl (C=O) groups is 1. The monoisotopic (exact) mass is 311 g/mol. The topological polar surface area (TPSA) is 29.1 Å². The summed E-state index contributed by atoms with van der Waals surface area (Å²) in [6, 6.07) is 5.81. The Kier molecular flexibility index (Phi) is 5.86. The number of aryl methyl sites for hydroxylation is 2. The van der Waals surface area contributed by atoms with Crippen molar-refractivity contribution in [2.45, 2.75) is 38.9 Å². The van der Waals surface area contributed by atoms with Gasteiger partial charge in [0.2, 0.25) is 0 Å². The minimum Gasteiger partial charge on any atom is -0.351 e. The van der Waals surface area contributed by atoms with Crippen LogP contribution in [0.1, 0.15) is 41.8 Å². The van der Waals surface area contributed by atoms with E-state index in [1.165, 1.54) is 5.56 Å². The van der Waals surface area contributed by atoms with Crippen LogP contribution in [0.25, 0.3) is 0 Å². The quantitative estimate of drug-likeness (QED) is 0.822. The standard InChI is InChI=1S/C15H22BrNO/c1-10(2)7-14(16)9-17-15(18)13-6-5-11(3)12(4)8-13/h5-6,8,10,14H,7,9H2,1-4H3,(H,17,18). The van der Waals surface area contributed by atoms with Gasteiger partial charge in [-0.3, -0.25) is 4.79 Å². The third kappa shape index (κ3) is 4.81. The number of halogens is 1. The zero-order valence-electron chi connectivity index (χ0n) is 11.6. The van der Waals surface area contributed by atoms with Crippen LogP contribution in [0.3, 0.4) is 0 Å². The normalized spacial score (nSPS) is 12.6. The number of rotatable bonds is 5. The van der Waals surface area contributed by atoms with Crippen molar-refractivity contribution in [3.8, 4) is 0 Å². The molecule has 1 N–H and O–H groups in total. The van der Waals surface area contributed by atoms with Crippen molar-refractivity contribution < 1.29 is 4.79 Å². The van der Waals surface area contributed by atoms with E-state index in [0.29, 0.717) is 17.3 Å². The molecule has 100 valence electrons. The molecule has 0 saturated carbocycles. The maximum Gasteiger partial charge on any atom is 0.251 e. The molecule has 1 rings (SSSR count). The van der Waals surface area contributed by atoms with E-state index in [2.05, 4.69) is 35.1 Å². The second-order valence-electron chi connectivity index (χ2n) is 5.24. The SMILES string of the molecule is Cc1ccc(C(=O)NCC(Br)CC(C)C)cc1C. The van der Waals surface area contributed by atoms with Crippen LogP contribution in [0.5, 0.6) is 0 Å². The third-order valence-electron chi connectivity index (χ3n) is 2.98. The summed E-state index contributed by atoms with van der Waals surface area (Å²) in [5.74, 6) is 0.638. The van der Waals surface area contributed by atoms with E-state index in [0.717, 1.165) is 17.5 Å². The lowest BCUT2D eigenvalue weighted by Crippen LogP contribution is -2.30. The van der Waals surface area contributed by atoms with Crippen molar-refractivity contribution in [1.82, 2.24) is 5.32 Å². The van der Waals surface area contributed by atoms with E-state index in [1.54, 1.807) is 0 Å². The van der Waals surface area contributed by atoms with Crippen molar-refractivity contribution >= 4 is 21.8 Å². The van der Waals surface area contributed by atoms with Crippen molar-refractivity contribution in [3.05, 3.63) is 34.9 Å². The maximum atomic E-state index is 12.0. The summed E-state index contributed by atoms with van der Waals surface area (Å²) in [4.78, 5) is 12.3. The number of carbonyl (C=O) groups excluding carboxylic acids is 1. The fraction of sp³-hybridized carbons (Fsp3) is 0.533. The first-order valence-corrected chi connectivity index (χ1v) is 7.31. The molecule has 0 aliphatic heterocycles. The maximum absolute atomic E-state index is 12.0. The van der Waals surface area contributed by atoms with Crippen molar-refractivity contribution in [2.24, 2.45) is 5.92 Å². The Labute approximate surface area is 118 Å². The van der Waals surface area contributed by atoms with Crippen LogP contribution < -0.4 is 5.32 Å². The van der Waals surface area contributed by atoms with Gasteiger partial charge in [0.1, 0.15) is 0 Å². The number of amides is 1. The summed E-state index contributed by atoms with van der Waals surface area (Å²) in [6.07, 6.45) is 1.06. The first-order valence-electron chi connectivity index (χ1n) is 6.39. The Bertz CT molecular complexity index is 415. The summed E-state index contributed by atoms with van der Waals surface area (Å²) in [7, 11) is 0. The lowest BCUT2D eigenvalue weighted by atomic mass is 10.1. The largest absolute Gasteiger partial charge is 0.351 e. The Morgan fingerprint density at radius 3 is 2.50 bits per heavy atom. The van der Waals surface area contributed by atoms with Crippen molar-refractivity contribution in [3.63, 3.8) is 0 Å². The molecular formula is C15H22BrNO. The van der Waals surface area contributed by atoms with Crippen LogP contribution in [0.2, 0.25) is 0 Å². The fourth-order valence-electron chi connectivity index (χ4n) is 1.78. The van der Waals surface area contributed by atoms with E-state index in [-0.39, 0.29) is 5.91 Å². The van der Waals surface area contributed by atoms with Crippen LogP contribution in [0, 0.1) is 19.8 Å². The molecule has 0 spiro atoms. The van der Waals surface area contributed by atoms with Gasteiger partial charge in [0.15, 0.2) is 0 Å². The zero-order chi connectivity index (χ0) is 13.7. The molecule has 1 unspecified atom stereocenters. The fourth-order valence-corrected chi connectivity index (χ4v) is 2.69. The lowest BCUT2D eigenvalue weighted by molar-refractivity contribution is 0.0953. The molecule has 18 heavy (non-hydrogen) atoms. The first-order chi connectivity index (χ1) is 8.40. The molecule has 0 aliphatic rings. The smallest absolute Gasteiger partial charge is 0.251 e. The molecule has 0 aliphatic carbocycles. The Balaban J connectivity index is 2.52. The van der Waals surface area contributed by atoms with Gasteiger partial charge in [-0.15, -0.1) is 0 Å². The average Bonchev–Trinajstić information content (AvgIpc) is 2.28. The molecule has 0 aromatic heterocycles. The Morgan fingerprint density at radius 2 is 1.94 bits per heavy atom. The van der Waals surface area contributed by atoms with Crippen LogP contribution in [-0.2, 0) is 0 Å².